The molecule has 5 heteroatoms. The molecule has 1 aromatic heterocycles. The first-order chi connectivity index (χ1) is 8.71. The third kappa shape index (κ3) is 2.16. The molecule has 96 valence electrons. The molecule has 2 heterocycles. The first-order valence-electron chi connectivity index (χ1n) is 6.42. The fourth-order valence-corrected chi connectivity index (χ4v) is 2.44. The molecule has 1 aliphatic heterocycles. The Hall–Kier alpha value is -1.67. The SMILES string of the molecule is CCc1nnc(N2CC[C@H](O)C2)c(C#N)c1CC. The van der Waals surface area contributed by atoms with E-state index >= 15 is 0 Å². The van der Waals surface area contributed by atoms with E-state index in [9.17, 15) is 10.4 Å². The van der Waals surface area contributed by atoms with Gasteiger partial charge in [0.05, 0.1) is 11.8 Å². The summed E-state index contributed by atoms with van der Waals surface area (Å²) in [7, 11) is 0. The van der Waals surface area contributed by atoms with Gasteiger partial charge in [0.25, 0.3) is 0 Å². The van der Waals surface area contributed by atoms with Crippen molar-refractivity contribution in [3.63, 3.8) is 0 Å². The molecular weight excluding hydrogens is 228 g/mol. The lowest BCUT2D eigenvalue weighted by Gasteiger charge is -2.19. The van der Waals surface area contributed by atoms with Gasteiger partial charge in [-0.25, -0.2) is 0 Å². The van der Waals surface area contributed by atoms with Gasteiger partial charge in [-0.05, 0) is 24.8 Å². The second-order valence-corrected chi connectivity index (χ2v) is 4.53. The molecule has 0 radical (unpaired) electrons. The van der Waals surface area contributed by atoms with Crippen LogP contribution in [0.1, 0.15) is 37.1 Å². The molecule has 5 nitrogen and oxygen atoms in total. The molecule has 1 saturated heterocycles. The third-order valence-corrected chi connectivity index (χ3v) is 3.40. The summed E-state index contributed by atoms with van der Waals surface area (Å²) in [5.74, 6) is 0.628. The molecule has 1 aliphatic rings. The Kier molecular flexibility index (Phi) is 3.78. The second-order valence-electron chi connectivity index (χ2n) is 4.53. The van der Waals surface area contributed by atoms with E-state index in [4.69, 9.17) is 0 Å². The summed E-state index contributed by atoms with van der Waals surface area (Å²) in [6.07, 6.45) is 1.97. The maximum atomic E-state index is 9.58. The number of rotatable bonds is 3. The van der Waals surface area contributed by atoms with Gasteiger partial charge in [0.15, 0.2) is 5.82 Å². The molecule has 1 aromatic rings. The molecule has 1 N–H and O–H groups in total. The maximum absolute atomic E-state index is 9.58. The molecule has 0 aromatic carbocycles. The highest BCUT2D eigenvalue weighted by Gasteiger charge is 2.25. The second kappa shape index (κ2) is 5.32. The number of aromatic nitrogens is 2. The summed E-state index contributed by atoms with van der Waals surface area (Å²) in [6.45, 7) is 5.32. The van der Waals surface area contributed by atoms with Crippen LogP contribution in [0.2, 0.25) is 0 Å². The molecular formula is C13H18N4O. The number of β-amino-alcohol motifs (C(OH)–C–C–N with tert-alkyl or cyclic N) is 1. The average molecular weight is 246 g/mol. The molecule has 18 heavy (non-hydrogen) atoms. The van der Waals surface area contributed by atoms with Gasteiger partial charge in [-0.2, -0.15) is 10.4 Å². The highest BCUT2D eigenvalue weighted by Crippen LogP contribution is 2.26. The molecule has 2 rings (SSSR count). The Labute approximate surface area is 107 Å². The van der Waals surface area contributed by atoms with Gasteiger partial charge in [-0.15, -0.1) is 5.10 Å². The first kappa shape index (κ1) is 12.8. The maximum Gasteiger partial charge on any atom is 0.169 e. The van der Waals surface area contributed by atoms with E-state index in [0.29, 0.717) is 17.9 Å². The summed E-state index contributed by atoms with van der Waals surface area (Å²) in [4.78, 5) is 1.95. The average Bonchev–Trinajstić information content (AvgIpc) is 2.83. The van der Waals surface area contributed by atoms with Crippen LogP contribution in [0.15, 0.2) is 0 Å². The van der Waals surface area contributed by atoms with Crippen molar-refractivity contribution in [2.75, 3.05) is 18.0 Å². The van der Waals surface area contributed by atoms with Gasteiger partial charge in [-0.1, -0.05) is 13.8 Å². The molecule has 0 bridgehead atoms. The van der Waals surface area contributed by atoms with Crippen LogP contribution in [0.3, 0.4) is 0 Å². The van der Waals surface area contributed by atoms with Crippen molar-refractivity contribution < 1.29 is 5.11 Å². The van der Waals surface area contributed by atoms with Crippen LogP contribution in [0.5, 0.6) is 0 Å². The van der Waals surface area contributed by atoms with Crippen molar-refractivity contribution >= 4 is 5.82 Å². The number of hydrogen-bond donors (Lipinski definition) is 1. The van der Waals surface area contributed by atoms with Crippen LogP contribution in [0.4, 0.5) is 5.82 Å². The molecule has 0 unspecified atom stereocenters. The van der Waals surface area contributed by atoms with Gasteiger partial charge >= 0.3 is 0 Å². The number of hydrogen-bond acceptors (Lipinski definition) is 5. The minimum Gasteiger partial charge on any atom is -0.391 e. The third-order valence-electron chi connectivity index (χ3n) is 3.40. The van der Waals surface area contributed by atoms with Crippen LogP contribution in [0, 0.1) is 11.3 Å². The highest BCUT2D eigenvalue weighted by atomic mass is 16.3. The Morgan fingerprint density at radius 3 is 2.67 bits per heavy atom. The lowest BCUT2D eigenvalue weighted by molar-refractivity contribution is 0.198. The number of nitriles is 1. The summed E-state index contributed by atoms with van der Waals surface area (Å²) in [6, 6.07) is 2.26. The van der Waals surface area contributed by atoms with Crippen molar-refractivity contribution in [1.82, 2.24) is 10.2 Å². The monoisotopic (exact) mass is 246 g/mol. The minimum absolute atomic E-state index is 0.325. The van der Waals surface area contributed by atoms with Crippen LogP contribution in [-0.4, -0.2) is 34.5 Å². The molecule has 0 aliphatic carbocycles. The van der Waals surface area contributed by atoms with Crippen LogP contribution in [-0.2, 0) is 12.8 Å². The Morgan fingerprint density at radius 1 is 1.39 bits per heavy atom. The van der Waals surface area contributed by atoms with Gasteiger partial charge < -0.3 is 10.0 Å². The van der Waals surface area contributed by atoms with Crippen LogP contribution < -0.4 is 4.90 Å². The largest absolute Gasteiger partial charge is 0.391 e. The normalized spacial score (nSPS) is 19.0. The molecule has 1 fully saturated rings. The Balaban J connectivity index is 2.45. The minimum atomic E-state index is -0.325. The lowest BCUT2D eigenvalue weighted by Crippen LogP contribution is -2.24. The Bertz CT molecular complexity index is 481. The summed E-state index contributed by atoms with van der Waals surface area (Å²) in [5, 5.41) is 27.4. The van der Waals surface area contributed by atoms with E-state index in [-0.39, 0.29) is 6.10 Å². The number of aryl methyl sites for hydroxylation is 1. The van der Waals surface area contributed by atoms with Crippen LogP contribution in [0.25, 0.3) is 0 Å². The number of anilines is 1. The van der Waals surface area contributed by atoms with E-state index in [1.54, 1.807) is 0 Å². The number of aliphatic hydroxyl groups is 1. The van der Waals surface area contributed by atoms with Crippen molar-refractivity contribution in [1.29, 1.82) is 5.26 Å². The molecule has 1 atom stereocenters. The molecule has 0 saturated carbocycles. The highest BCUT2D eigenvalue weighted by molar-refractivity contribution is 5.58. The molecule has 0 spiro atoms. The van der Waals surface area contributed by atoms with Crippen molar-refractivity contribution in [3.8, 4) is 6.07 Å². The number of nitrogens with zero attached hydrogens (tertiary/aromatic N) is 4. The topological polar surface area (TPSA) is 73.0 Å². The number of aliphatic hydroxyl groups excluding tert-OH is 1. The van der Waals surface area contributed by atoms with Gasteiger partial charge in [0.1, 0.15) is 11.6 Å². The van der Waals surface area contributed by atoms with Gasteiger partial charge in [0.2, 0.25) is 0 Å². The van der Waals surface area contributed by atoms with Gasteiger partial charge in [0, 0.05) is 13.1 Å². The Morgan fingerprint density at radius 2 is 2.17 bits per heavy atom. The van der Waals surface area contributed by atoms with E-state index < -0.39 is 0 Å². The van der Waals surface area contributed by atoms with Crippen molar-refractivity contribution in [2.24, 2.45) is 0 Å². The standard InChI is InChI=1S/C13H18N4O/c1-3-10-11(7-14)13(16-15-12(10)4-2)17-6-5-9(18)8-17/h9,18H,3-6,8H2,1-2H3/t9-/m0/s1. The predicted octanol–water partition coefficient (Wildman–Crippen LogP) is 1.04. The summed E-state index contributed by atoms with van der Waals surface area (Å²) < 4.78 is 0. The van der Waals surface area contributed by atoms with Crippen molar-refractivity contribution in [3.05, 3.63) is 16.8 Å². The van der Waals surface area contributed by atoms with E-state index in [1.165, 1.54) is 0 Å². The lowest BCUT2D eigenvalue weighted by atomic mass is 10.0. The summed E-state index contributed by atoms with van der Waals surface area (Å²) >= 11 is 0. The first-order valence-corrected chi connectivity index (χ1v) is 6.42. The smallest absolute Gasteiger partial charge is 0.169 e. The van der Waals surface area contributed by atoms with E-state index in [2.05, 4.69) is 16.3 Å². The van der Waals surface area contributed by atoms with E-state index in [0.717, 1.165) is 37.1 Å². The zero-order chi connectivity index (χ0) is 13.1. The summed E-state index contributed by atoms with van der Waals surface area (Å²) in [5.41, 5.74) is 2.52. The predicted molar refractivity (Wildman–Crippen MR) is 68.3 cm³/mol. The zero-order valence-electron chi connectivity index (χ0n) is 10.8. The van der Waals surface area contributed by atoms with Crippen LogP contribution >= 0.6 is 0 Å². The molecule has 0 amide bonds. The van der Waals surface area contributed by atoms with E-state index in [1.807, 2.05) is 18.7 Å². The fourth-order valence-electron chi connectivity index (χ4n) is 2.44. The fraction of sp³-hybridized carbons (Fsp3) is 0.615. The zero-order valence-corrected chi connectivity index (χ0v) is 10.8. The van der Waals surface area contributed by atoms with Gasteiger partial charge in [-0.3, -0.25) is 0 Å². The quantitative estimate of drug-likeness (QED) is 0.862. The van der Waals surface area contributed by atoms with Crippen molar-refractivity contribution in [2.45, 2.75) is 39.2 Å².